The van der Waals surface area contributed by atoms with E-state index >= 15 is 0 Å². The molecule has 8 nitrogen and oxygen atoms in total. The zero-order valence-electron chi connectivity index (χ0n) is 23.4. The minimum absolute atomic E-state index is 0.0827. The fraction of sp³-hybridized carbons (Fsp3) is 0.375. The highest BCUT2D eigenvalue weighted by Crippen LogP contribution is 2.28. The Labute approximate surface area is 246 Å². The Kier molecular flexibility index (Phi) is 11.1. The van der Waals surface area contributed by atoms with Gasteiger partial charge in [-0.3, -0.25) is 14.4 Å². The molecule has 1 heterocycles. The highest BCUT2D eigenvalue weighted by atomic mass is 35.5. The number of anilines is 1. The van der Waals surface area contributed by atoms with Crippen LogP contribution in [0, 0.1) is 0 Å². The van der Waals surface area contributed by atoms with Gasteiger partial charge in [0.1, 0.15) is 17.6 Å². The predicted molar refractivity (Wildman–Crippen MR) is 159 cm³/mol. The van der Waals surface area contributed by atoms with Crippen molar-refractivity contribution in [1.29, 1.82) is 0 Å². The molecule has 1 fully saturated rings. The van der Waals surface area contributed by atoms with Crippen LogP contribution in [0.3, 0.4) is 0 Å². The largest absolute Gasteiger partial charge is 0.497 e. The van der Waals surface area contributed by atoms with Crippen molar-refractivity contribution < 1.29 is 19.1 Å². The maximum Gasteiger partial charge on any atom is 0.247 e. The molecule has 0 bridgehead atoms. The second-order valence-corrected chi connectivity index (χ2v) is 10.7. The molecule has 0 spiro atoms. The third-order valence-corrected chi connectivity index (χ3v) is 7.51. The molecule has 0 saturated heterocycles. The van der Waals surface area contributed by atoms with Gasteiger partial charge < -0.3 is 20.3 Å². The van der Waals surface area contributed by atoms with Gasteiger partial charge in [-0.05, 0) is 66.8 Å². The number of carbonyl (C=O) groups is 3. The molecule has 3 amide bonds. The molecular weight excluding hydrogens is 540 g/mol. The first-order valence-electron chi connectivity index (χ1n) is 14.1. The molecule has 1 aliphatic carbocycles. The van der Waals surface area contributed by atoms with Crippen LogP contribution in [-0.2, 0) is 20.9 Å². The lowest BCUT2D eigenvalue weighted by atomic mass is 9.94. The molecule has 1 unspecified atom stereocenters. The van der Waals surface area contributed by atoms with E-state index in [1.807, 2.05) is 24.3 Å². The molecule has 4 rings (SSSR count). The highest BCUT2D eigenvalue weighted by molar-refractivity contribution is 6.30. The van der Waals surface area contributed by atoms with Crippen LogP contribution in [0.1, 0.15) is 68.5 Å². The van der Waals surface area contributed by atoms with E-state index in [4.69, 9.17) is 16.3 Å². The maximum atomic E-state index is 13.9. The number of halogens is 1. The number of ether oxygens (including phenoxy) is 1. The van der Waals surface area contributed by atoms with Gasteiger partial charge in [-0.2, -0.15) is 0 Å². The molecule has 0 aliphatic heterocycles. The Bertz CT molecular complexity index is 1280. The quantitative estimate of drug-likeness (QED) is 0.272. The number of nitrogens with one attached hydrogen (secondary N) is 2. The second-order valence-electron chi connectivity index (χ2n) is 10.3. The van der Waals surface area contributed by atoms with Gasteiger partial charge in [-0.15, -0.1) is 0 Å². The summed E-state index contributed by atoms with van der Waals surface area (Å²) in [6.45, 7) is 0.217. The van der Waals surface area contributed by atoms with Gasteiger partial charge >= 0.3 is 0 Å². The number of hydrogen-bond donors (Lipinski definition) is 2. The van der Waals surface area contributed by atoms with Crippen LogP contribution in [0.2, 0.25) is 5.02 Å². The Morgan fingerprint density at radius 3 is 2.37 bits per heavy atom. The average molecular weight is 577 g/mol. The van der Waals surface area contributed by atoms with E-state index < -0.39 is 6.04 Å². The first-order valence-corrected chi connectivity index (χ1v) is 14.5. The summed E-state index contributed by atoms with van der Waals surface area (Å²) in [6, 6.07) is 19.0. The molecule has 9 heteroatoms. The van der Waals surface area contributed by atoms with Crippen LogP contribution >= 0.6 is 11.6 Å². The van der Waals surface area contributed by atoms with Crippen molar-refractivity contribution in [2.24, 2.45) is 0 Å². The molecule has 1 aliphatic rings. The molecule has 41 heavy (non-hydrogen) atoms. The van der Waals surface area contributed by atoms with Crippen LogP contribution < -0.4 is 15.4 Å². The summed E-state index contributed by atoms with van der Waals surface area (Å²) in [4.78, 5) is 45.9. The maximum absolute atomic E-state index is 13.9. The van der Waals surface area contributed by atoms with Crippen LogP contribution in [0.4, 0.5) is 5.82 Å². The lowest BCUT2D eigenvalue weighted by Gasteiger charge is -2.33. The van der Waals surface area contributed by atoms with E-state index in [-0.39, 0.29) is 43.1 Å². The fourth-order valence-corrected chi connectivity index (χ4v) is 5.21. The van der Waals surface area contributed by atoms with E-state index in [1.165, 1.54) is 6.42 Å². The topological polar surface area (TPSA) is 101 Å². The van der Waals surface area contributed by atoms with Crippen molar-refractivity contribution in [3.05, 3.63) is 89.1 Å². The number of nitrogens with zero attached hydrogens (tertiary/aromatic N) is 2. The van der Waals surface area contributed by atoms with Crippen molar-refractivity contribution in [3.8, 4) is 5.75 Å². The van der Waals surface area contributed by atoms with Crippen LogP contribution in [0.15, 0.2) is 72.9 Å². The summed E-state index contributed by atoms with van der Waals surface area (Å²) >= 11 is 6.17. The van der Waals surface area contributed by atoms with E-state index in [9.17, 15) is 14.4 Å². The number of amides is 3. The Morgan fingerprint density at radius 2 is 1.71 bits per heavy atom. The Morgan fingerprint density at radius 1 is 0.976 bits per heavy atom. The molecule has 216 valence electrons. The van der Waals surface area contributed by atoms with Crippen molar-refractivity contribution in [1.82, 2.24) is 15.2 Å². The highest BCUT2D eigenvalue weighted by Gasteiger charge is 2.33. The van der Waals surface area contributed by atoms with Gasteiger partial charge in [0.05, 0.1) is 7.11 Å². The van der Waals surface area contributed by atoms with Crippen molar-refractivity contribution in [3.63, 3.8) is 0 Å². The molecule has 0 radical (unpaired) electrons. The summed E-state index contributed by atoms with van der Waals surface area (Å²) in [7, 11) is 1.60. The van der Waals surface area contributed by atoms with Gasteiger partial charge in [-0.25, -0.2) is 4.98 Å². The van der Waals surface area contributed by atoms with E-state index in [2.05, 4.69) is 15.6 Å². The van der Waals surface area contributed by atoms with Gasteiger partial charge in [-0.1, -0.05) is 61.2 Å². The predicted octanol–water partition coefficient (Wildman–Crippen LogP) is 6.07. The summed E-state index contributed by atoms with van der Waals surface area (Å²) in [5.74, 6) is 0.517. The fourth-order valence-electron chi connectivity index (χ4n) is 5.08. The zero-order chi connectivity index (χ0) is 29.0. The summed E-state index contributed by atoms with van der Waals surface area (Å²) in [5, 5.41) is 6.51. The van der Waals surface area contributed by atoms with Gasteiger partial charge in [0, 0.05) is 36.6 Å². The third-order valence-electron chi connectivity index (χ3n) is 7.26. The normalized spacial score (nSPS) is 14.1. The summed E-state index contributed by atoms with van der Waals surface area (Å²) in [6.07, 6.45) is 7.36. The third kappa shape index (κ3) is 9.05. The molecular formula is C32H37ClN4O4. The molecule has 1 saturated carbocycles. The lowest BCUT2D eigenvalue weighted by Crippen LogP contribution is -2.46. The average Bonchev–Trinajstić information content (AvgIpc) is 2.99. The summed E-state index contributed by atoms with van der Waals surface area (Å²) < 4.78 is 5.29. The minimum Gasteiger partial charge on any atom is -0.497 e. The van der Waals surface area contributed by atoms with Crippen LogP contribution in [0.25, 0.3) is 0 Å². The number of aromatic nitrogens is 1. The molecule has 1 atom stereocenters. The summed E-state index contributed by atoms with van der Waals surface area (Å²) in [5.41, 5.74) is 1.54. The van der Waals surface area contributed by atoms with Crippen molar-refractivity contribution >= 4 is 35.1 Å². The van der Waals surface area contributed by atoms with E-state index in [0.29, 0.717) is 28.6 Å². The van der Waals surface area contributed by atoms with Crippen LogP contribution in [-0.4, -0.2) is 40.8 Å². The van der Waals surface area contributed by atoms with Gasteiger partial charge in [0.25, 0.3) is 0 Å². The van der Waals surface area contributed by atoms with Crippen molar-refractivity contribution in [2.75, 3.05) is 12.4 Å². The number of rotatable bonds is 12. The second kappa shape index (κ2) is 15.2. The smallest absolute Gasteiger partial charge is 0.247 e. The molecule has 3 aromatic rings. The Balaban J connectivity index is 1.55. The first-order chi connectivity index (χ1) is 19.9. The molecule has 1 aromatic heterocycles. The molecule has 2 N–H and O–H groups in total. The van der Waals surface area contributed by atoms with Gasteiger partial charge in [0.15, 0.2) is 0 Å². The monoisotopic (exact) mass is 576 g/mol. The number of hydrogen-bond acceptors (Lipinski definition) is 5. The standard InChI is InChI=1S/C32H37ClN4O4/c1-41-27-19-13-23(14-20-27)22-37(30(39)12-7-11-29(38)36-28-10-5-6-21-34-28)31(24-15-17-25(33)18-16-24)32(40)35-26-8-3-2-4-9-26/h5-6,10,13-21,26,31H,2-4,7-9,11-12,22H2,1H3,(H,35,40)(H,34,36,38). The first kappa shape index (κ1) is 30.1. The number of carbonyl (C=O) groups excluding carboxylic acids is 3. The van der Waals surface area contributed by atoms with Crippen molar-refractivity contribution in [2.45, 2.75) is 70.0 Å². The van der Waals surface area contributed by atoms with Gasteiger partial charge in [0.2, 0.25) is 17.7 Å². The Hall–Kier alpha value is -3.91. The number of pyridine rings is 1. The zero-order valence-corrected chi connectivity index (χ0v) is 24.1. The SMILES string of the molecule is COc1ccc(CN(C(=O)CCCC(=O)Nc2ccccn2)C(C(=O)NC2CCCCC2)c2ccc(Cl)cc2)cc1. The minimum atomic E-state index is -0.855. The number of benzene rings is 2. The lowest BCUT2D eigenvalue weighted by molar-refractivity contribution is -0.142. The van der Waals surface area contributed by atoms with E-state index in [1.54, 1.807) is 60.7 Å². The van der Waals surface area contributed by atoms with Crippen LogP contribution in [0.5, 0.6) is 5.75 Å². The molecule has 2 aromatic carbocycles. The number of methoxy groups -OCH3 is 1. The van der Waals surface area contributed by atoms with E-state index in [0.717, 1.165) is 31.2 Å².